The maximum absolute atomic E-state index is 12.4. The molecule has 146 valence electrons. The second-order valence-electron chi connectivity index (χ2n) is 6.46. The number of nitrogens with zero attached hydrogens (tertiary/aromatic N) is 1. The first-order valence-electron chi connectivity index (χ1n) is 9.15. The van der Waals surface area contributed by atoms with Gasteiger partial charge in [0.2, 0.25) is 15.9 Å². The first-order valence-corrected chi connectivity index (χ1v) is 11.0. The van der Waals surface area contributed by atoms with E-state index in [1.165, 1.54) is 0 Å². The van der Waals surface area contributed by atoms with E-state index in [2.05, 4.69) is 18.6 Å². The Morgan fingerprint density at radius 3 is 1.96 bits per heavy atom. The van der Waals surface area contributed by atoms with Crippen LogP contribution in [0.25, 0.3) is 0 Å². The molecule has 1 amide bonds. The van der Waals surface area contributed by atoms with Gasteiger partial charge in [-0.3, -0.25) is 14.3 Å². The van der Waals surface area contributed by atoms with Crippen LogP contribution >= 0.6 is 0 Å². The third-order valence-corrected chi connectivity index (χ3v) is 4.60. The number of benzene rings is 1. The molecule has 7 heteroatoms. The topological polar surface area (TPSA) is 83.6 Å². The molecule has 1 N–H and O–H groups in total. The van der Waals surface area contributed by atoms with Gasteiger partial charge in [0.1, 0.15) is 0 Å². The molecule has 0 aliphatic carbocycles. The van der Waals surface area contributed by atoms with Crippen molar-refractivity contribution in [2.24, 2.45) is 0 Å². The lowest BCUT2D eigenvalue weighted by Crippen LogP contribution is -2.33. The van der Waals surface area contributed by atoms with Gasteiger partial charge < -0.3 is 4.90 Å². The predicted octanol–water partition coefficient (Wildman–Crippen LogP) is 3.45. The van der Waals surface area contributed by atoms with E-state index in [0.29, 0.717) is 11.3 Å². The largest absolute Gasteiger partial charge is 0.343 e. The number of rotatable bonds is 12. The molecule has 0 atom stereocenters. The number of nitrogens with one attached hydrogen (secondary N) is 1. The van der Waals surface area contributed by atoms with Gasteiger partial charge in [0, 0.05) is 37.2 Å². The fourth-order valence-corrected chi connectivity index (χ4v) is 3.08. The van der Waals surface area contributed by atoms with E-state index in [0.717, 1.165) is 45.0 Å². The number of carbonyl (C=O) groups is 2. The van der Waals surface area contributed by atoms with Gasteiger partial charge in [-0.15, -0.1) is 0 Å². The molecule has 0 heterocycles. The summed E-state index contributed by atoms with van der Waals surface area (Å²) in [5.74, 6) is -0.0919. The Labute approximate surface area is 157 Å². The van der Waals surface area contributed by atoms with Crippen molar-refractivity contribution in [3.63, 3.8) is 0 Å². The van der Waals surface area contributed by atoms with Crippen LogP contribution in [0.5, 0.6) is 0 Å². The molecule has 0 aromatic heterocycles. The minimum absolute atomic E-state index is 0.0237. The van der Waals surface area contributed by atoms with E-state index in [1.54, 1.807) is 24.3 Å². The SMILES string of the molecule is CCCCN(CCCC)C(=O)CCC(=O)c1ccc(NS(C)(=O)=O)cc1. The van der Waals surface area contributed by atoms with Gasteiger partial charge in [-0.2, -0.15) is 0 Å². The van der Waals surface area contributed by atoms with Crippen LogP contribution in [0.1, 0.15) is 62.7 Å². The highest BCUT2D eigenvalue weighted by Crippen LogP contribution is 2.14. The molecular formula is C19H30N2O4S. The Bertz CT molecular complexity index is 676. The molecule has 0 fully saturated rings. The van der Waals surface area contributed by atoms with Crippen molar-refractivity contribution in [1.29, 1.82) is 0 Å². The first kappa shape index (κ1) is 22.2. The average molecular weight is 383 g/mol. The summed E-state index contributed by atoms with van der Waals surface area (Å²) in [6, 6.07) is 6.24. The molecule has 0 radical (unpaired) electrons. The number of Topliss-reactive ketones (excluding diaryl/α,β-unsaturated/α-hetero) is 1. The van der Waals surface area contributed by atoms with Crippen LogP contribution in [0.3, 0.4) is 0 Å². The second-order valence-corrected chi connectivity index (χ2v) is 8.21. The number of hydrogen-bond acceptors (Lipinski definition) is 4. The fraction of sp³-hybridized carbons (Fsp3) is 0.579. The fourth-order valence-electron chi connectivity index (χ4n) is 2.52. The van der Waals surface area contributed by atoms with Gasteiger partial charge in [-0.25, -0.2) is 8.42 Å². The van der Waals surface area contributed by atoms with E-state index in [-0.39, 0.29) is 24.5 Å². The Hall–Kier alpha value is -1.89. The van der Waals surface area contributed by atoms with Crippen LogP contribution in [-0.4, -0.2) is 44.4 Å². The lowest BCUT2D eigenvalue weighted by molar-refractivity contribution is -0.131. The lowest BCUT2D eigenvalue weighted by atomic mass is 10.1. The van der Waals surface area contributed by atoms with Crippen molar-refractivity contribution in [3.8, 4) is 0 Å². The number of unbranched alkanes of at least 4 members (excludes halogenated alkanes) is 2. The van der Waals surface area contributed by atoms with Crippen molar-refractivity contribution in [2.75, 3.05) is 24.1 Å². The van der Waals surface area contributed by atoms with Crippen molar-refractivity contribution in [2.45, 2.75) is 52.4 Å². The van der Waals surface area contributed by atoms with Gasteiger partial charge >= 0.3 is 0 Å². The van der Waals surface area contributed by atoms with Crippen LogP contribution in [0.2, 0.25) is 0 Å². The molecule has 26 heavy (non-hydrogen) atoms. The molecule has 0 unspecified atom stereocenters. The van der Waals surface area contributed by atoms with E-state index < -0.39 is 10.0 Å². The molecule has 0 saturated heterocycles. The highest BCUT2D eigenvalue weighted by atomic mass is 32.2. The first-order chi connectivity index (χ1) is 12.3. The number of carbonyl (C=O) groups excluding carboxylic acids is 2. The number of amides is 1. The predicted molar refractivity (Wildman–Crippen MR) is 105 cm³/mol. The van der Waals surface area contributed by atoms with Gasteiger partial charge in [0.05, 0.1) is 6.26 Å². The molecule has 0 saturated carbocycles. The molecule has 1 aromatic carbocycles. The van der Waals surface area contributed by atoms with Crippen LogP contribution in [-0.2, 0) is 14.8 Å². The average Bonchev–Trinajstić information content (AvgIpc) is 2.58. The zero-order valence-electron chi connectivity index (χ0n) is 16.0. The van der Waals surface area contributed by atoms with Crippen LogP contribution in [0.15, 0.2) is 24.3 Å². The zero-order chi connectivity index (χ0) is 19.6. The van der Waals surface area contributed by atoms with Crippen molar-refractivity contribution in [3.05, 3.63) is 29.8 Å². The number of anilines is 1. The summed E-state index contributed by atoms with van der Waals surface area (Å²) in [7, 11) is -3.34. The minimum atomic E-state index is -3.34. The summed E-state index contributed by atoms with van der Waals surface area (Å²) in [6.07, 6.45) is 5.43. The zero-order valence-corrected chi connectivity index (χ0v) is 16.8. The third-order valence-electron chi connectivity index (χ3n) is 3.99. The maximum Gasteiger partial charge on any atom is 0.229 e. The lowest BCUT2D eigenvalue weighted by Gasteiger charge is -2.22. The number of sulfonamides is 1. The Kier molecular flexibility index (Phi) is 9.34. The highest BCUT2D eigenvalue weighted by Gasteiger charge is 2.15. The van der Waals surface area contributed by atoms with Crippen molar-refractivity contribution in [1.82, 2.24) is 4.90 Å². The molecule has 0 spiro atoms. The van der Waals surface area contributed by atoms with Crippen molar-refractivity contribution < 1.29 is 18.0 Å². The molecule has 1 aromatic rings. The summed E-state index contributed by atoms with van der Waals surface area (Å²) in [5.41, 5.74) is 0.885. The van der Waals surface area contributed by atoms with Gasteiger partial charge in [0.25, 0.3) is 0 Å². The normalized spacial score (nSPS) is 11.2. The Morgan fingerprint density at radius 2 is 1.50 bits per heavy atom. The molecule has 6 nitrogen and oxygen atoms in total. The molecular weight excluding hydrogens is 352 g/mol. The number of hydrogen-bond donors (Lipinski definition) is 1. The Balaban J connectivity index is 2.59. The summed E-state index contributed by atoms with van der Waals surface area (Å²) in [6.45, 7) is 5.67. The maximum atomic E-state index is 12.4. The third kappa shape index (κ3) is 8.47. The molecule has 0 aliphatic rings. The van der Waals surface area contributed by atoms with Gasteiger partial charge in [0.15, 0.2) is 5.78 Å². The molecule has 0 bridgehead atoms. The summed E-state index contributed by atoms with van der Waals surface area (Å²) < 4.78 is 24.7. The van der Waals surface area contributed by atoms with E-state index in [1.807, 2.05) is 4.90 Å². The van der Waals surface area contributed by atoms with Crippen LogP contribution in [0.4, 0.5) is 5.69 Å². The summed E-state index contributed by atoms with van der Waals surface area (Å²) in [5, 5.41) is 0. The quantitative estimate of drug-likeness (QED) is 0.561. The van der Waals surface area contributed by atoms with Gasteiger partial charge in [-0.05, 0) is 37.1 Å². The highest BCUT2D eigenvalue weighted by molar-refractivity contribution is 7.92. The van der Waals surface area contributed by atoms with Crippen molar-refractivity contribution >= 4 is 27.4 Å². The monoisotopic (exact) mass is 382 g/mol. The standard InChI is InChI=1S/C19H30N2O4S/c1-4-6-14-21(15-7-5-2)19(23)13-12-18(22)16-8-10-17(11-9-16)20-26(3,24)25/h8-11,20H,4-7,12-15H2,1-3H3. The summed E-state index contributed by atoms with van der Waals surface area (Å²) in [4.78, 5) is 26.5. The molecule has 1 rings (SSSR count). The minimum Gasteiger partial charge on any atom is -0.343 e. The van der Waals surface area contributed by atoms with E-state index in [4.69, 9.17) is 0 Å². The van der Waals surface area contributed by atoms with E-state index in [9.17, 15) is 18.0 Å². The summed E-state index contributed by atoms with van der Waals surface area (Å²) >= 11 is 0. The smallest absolute Gasteiger partial charge is 0.229 e. The van der Waals surface area contributed by atoms with Crippen LogP contribution in [0, 0.1) is 0 Å². The number of ketones is 1. The van der Waals surface area contributed by atoms with Crippen LogP contribution < -0.4 is 4.72 Å². The van der Waals surface area contributed by atoms with E-state index >= 15 is 0 Å². The second kappa shape index (κ2) is 11.0. The van der Waals surface area contributed by atoms with Gasteiger partial charge in [-0.1, -0.05) is 26.7 Å². The Morgan fingerprint density at radius 1 is 0.962 bits per heavy atom. The molecule has 0 aliphatic heterocycles.